The molecule has 150 valence electrons. The van der Waals surface area contributed by atoms with Gasteiger partial charge < -0.3 is 9.47 Å². The maximum atomic E-state index is 13.1. The van der Waals surface area contributed by atoms with Crippen molar-refractivity contribution in [2.75, 3.05) is 0 Å². The van der Waals surface area contributed by atoms with Gasteiger partial charge in [0.25, 0.3) is 0 Å². The molecule has 2 fully saturated rings. The summed E-state index contributed by atoms with van der Waals surface area (Å²) in [4.78, 5) is 25.8. The molecule has 0 unspecified atom stereocenters. The first-order valence-electron chi connectivity index (χ1n) is 11.2. The number of carbonyl (C=O) groups excluding carboxylic acids is 2. The third-order valence-corrected chi connectivity index (χ3v) is 7.80. The van der Waals surface area contributed by atoms with Crippen LogP contribution in [0.15, 0.2) is 34.6 Å². The van der Waals surface area contributed by atoms with E-state index in [0.29, 0.717) is 11.8 Å². The van der Waals surface area contributed by atoms with Crippen molar-refractivity contribution in [3.8, 4) is 0 Å². The van der Waals surface area contributed by atoms with E-state index in [1.165, 1.54) is 5.57 Å². The molecule has 28 heavy (non-hydrogen) atoms. The van der Waals surface area contributed by atoms with Crippen LogP contribution < -0.4 is 0 Å². The van der Waals surface area contributed by atoms with Crippen LogP contribution in [0.4, 0.5) is 0 Å². The molecule has 4 nitrogen and oxygen atoms in total. The van der Waals surface area contributed by atoms with E-state index in [1.807, 2.05) is 0 Å². The lowest BCUT2D eigenvalue weighted by Crippen LogP contribution is -2.50. The molecule has 4 aliphatic carbocycles. The van der Waals surface area contributed by atoms with E-state index in [4.69, 9.17) is 9.47 Å². The zero-order valence-electron chi connectivity index (χ0n) is 17.0. The van der Waals surface area contributed by atoms with E-state index in [-0.39, 0.29) is 24.0 Å². The molecule has 0 N–H and O–H groups in total. The van der Waals surface area contributed by atoms with E-state index >= 15 is 0 Å². The molecule has 2 heterocycles. The van der Waals surface area contributed by atoms with Crippen molar-refractivity contribution in [3.63, 3.8) is 0 Å². The molecule has 0 aromatic heterocycles. The predicted octanol–water partition coefficient (Wildman–Crippen LogP) is 5.00. The van der Waals surface area contributed by atoms with Gasteiger partial charge in [-0.2, -0.15) is 0 Å². The second kappa shape index (κ2) is 6.60. The molecule has 1 saturated heterocycles. The van der Waals surface area contributed by atoms with Crippen molar-refractivity contribution in [1.29, 1.82) is 0 Å². The molecule has 6 aliphatic rings. The van der Waals surface area contributed by atoms with Crippen LogP contribution in [0.1, 0.15) is 71.6 Å². The number of hydrogen-bond donors (Lipinski definition) is 0. The van der Waals surface area contributed by atoms with Gasteiger partial charge in [0, 0.05) is 17.1 Å². The summed E-state index contributed by atoms with van der Waals surface area (Å²) in [7, 11) is 0. The molecule has 5 atom stereocenters. The third kappa shape index (κ3) is 2.29. The summed E-state index contributed by atoms with van der Waals surface area (Å²) in [6, 6.07) is 0. The minimum atomic E-state index is -0.425. The Morgan fingerprint density at radius 2 is 2.04 bits per heavy atom. The molecule has 2 bridgehead atoms. The second-order valence-corrected chi connectivity index (χ2v) is 9.16. The van der Waals surface area contributed by atoms with Crippen LogP contribution in [0.5, 0.6) is 0 Å². The third-order valence-electron chi connectivity index (χ3n) is 7.80. The van der Waals surface area contributed by atoms with Crippen LogP contribution in [0.3, 0.4) is 0 Å². The molecule has 1 saturated carbocycles. The monoisotopic (exact) mass is 382 g/mol. The number of fused-ring (bicyclic) bond motifs is 1. The van der Waals surface area contributed by atoms with Crippen molar-refractivity contribution >= 4 is 11.9 Å². The molecule has 0 amide bonds. The largest absolute Gasteiger partial charge is 0.454 e. The number of carbonyl (C=O) groups is 2. The first-order valence-corrected chi connectivity index (χ1v) is 11.2. The lowest BCUT2D eigenvalue weighted by atomic mass is 9.46. The molecule has 0 aromatic carbocycles. The Bertz CT molecular complexity index is 816. The van der Waals surface area contributed by atoms with Crippen molar-refractivity contribution < 1.29 is 19.1 Å². The van der Waals surface area contributed by atoms with Crippen LogP contribution in [0.25, 0.3) is 0 Å². The summed E-state index contributed by atoms with van der Waals surface area (Å²) in [6.07, 6.45) is 13.3. The van der Waals surface area contributed by atoms with E-state index in [2.05, 4.69) is 26.0 Å². The molecule has 0 aromatic rings. The second-order valence-electron chi connectivity index (χ2n) is 9.16. The molecule has 1 spiro atoms. The summed E-state index contributed by atoms with van der Waals surface area (Å²) in [6.45, 7) is 4.31. The zero-order chi connectivity index (χ0) is 19.5. The Morgan fingerprint density at radius 3 is 2.82 bits per heavy atom. The average Bonchev–Trinajstić information content (AvgIpc) is 3.19. The maximum Gasteiger partial charge on any atom is 0.339 e. The normalized spacial score (nSPS) is 39.5. The quantitative estimate of drug-likeness (QED) is 0.628. The van der Waals surface area contributed by atoms with Crippen LogP contribution in [0.2, 0.25) is 0 Å². The molecular formula is C24H30O4. The first kappa shape index (κ1) is 18.2. The maximum absolute atomic E-state index is 13.1. The van der Waals surface area contributed by atoms with E-state index in [0.717, 1.165) is 74.7 Å². The SMILES string of the molecule is CCC/C=C1\OC(=O)C2=C[C@@H]3CC[C@@]21[C@@H]1C2=C(CC[C@H]31)[C@@H](CCCC)OC2=O. The number of ether oxygens (including phenoxy) is 2. The van der Waals surface area contributed by atoms with Crippen molar-refractivity contribution in [1.82, 2.24) is 0 Å². The van der Waals surface area contributed by atoms with Gasteiger partial charge in [-0.25, -0.2) is 9.59 Å². The van der Waals surface area contributed by atoms with Gasteiger partial charge in [0.05, 0.1) is 5.41 Å². The van der Waals surface area contributed by atoms with Crippen LogP contribution in [-0.2, 0) is 19.1 Å². The summed E-state index contributed by atoms with van der Waals surface area (Å²) in [5.41, 5.74) is 2.54. The summed E-state index contributed by atoms with van der Waals surface area (Å²) < 4.78 is 11.7. The van der Waals surface area contributed by atoms with Gasteiger partial charge in [0.15, 0.2) is 0 Å². The van der Waals surface area contributed by atoms with E-state index in [1.54, 1.807) is 0 Å². The van der Waals surface area contributed by atoms with Crippen molar-refractivity contribution in [3.05, 3.63) is 34.6 Å². The molecule has 0 radical (unpaired) electrons. The highest BCUT2D eigenvalue weighted by atomic mass is 16.6. The molecule has 2 aliphatic heterocycles. The van der Waals surface area contributed by atoms with Crippen LogP contribution in [-0.4, -0.2) is 18.0 Å². The number of cyclic esters (lactones) is 2. The van der Waals surface area contributed by atoms with Gasteiger partial charge in [-0.05, 0) is 68.4 Å². The van der Waals surface area contributed by atoms with E-state index < -0.39 is 5.41 Å². The lowest BCUT2D eigenvalue weighted by Gasteiger charge is -2.54. The number of hydrogen-bond acceptors (Lipinski definition) is 4. The fourth-order valence-corrected chi connectivity index (χ4v) is 6.63. The predicted molar refractivity (Wildman–Crippen MR) is 105 cm³/mol. The zero-order valence-corrected chi connectivity index (χ0v) is 17.0. The average molecular weight is 383 g/mol. The Morgan fingerprint density at radius 1 is 1.18 bits per heavy atom. The van der Waals surface area contributed by atoms with Gasteiger partial charge in [0.2, 0.25) is 0 Å². The van der Waals surface area contributed by atoms with Gasteiger partial charge in [-0.15, -0.1) is 0 Å². The Balaban J connectivity index is 1.63. The topological polar surface area (TPSA) is 52.6 Å². The highest BCUT2D eigenvalue weighted by molar-refractivity contribution is 5.99. The van der Waals surface area contributed by atoms with Gasteiger partial charge in [0.1, 0.15) is 11.9 Å². The van der Waals surface area contributed by atoms with Gasteiger partial charge in [-0.3, -0.25) is 0 Å². The minimum Gasteiger partial charge on any atom is -0.454 e. The Hall–Kier alpha value is -1.84. The minimum absolute atomic E-state index is 0.0474. The van der Waals surface area contributed by atoms with Crippen molar-refractivity contribution in [2.45, 2.75) is 77.7 Å². The summed E-state index contributed by atoms with van der Waals surface area (Å²) >= 11 is 0. The standard InChI is InChI=1S/C24H30O4/c1-3-5-7-18-16-10-9-15-14-11-12-24(21(15)20(16)23(26)27-18)17(13-14)22(25)28-19(24)8-6-4-2/h8,13-15,18,21H,3-7,9-12H2,1-2H3/b19-8-/t14-,15+,18+,21-,24+/m0/s1. The highest BCUT2D eigenvalue weighted by Crippen LogP contribution is 2.68. The Kier molecular flexibility index (Phi) is 4.29. The van der Waals surface area contributed by atoms with Gasteiger partial charge in [-0.1, -0.05) is 32.8 Å². The smallest absolute Gasteiger partial charge is 0.339 e. The van der Waals surface area contributed by atoms with Crippen molar-refractivity contribution in [2.24, 2.45) is 23.2 Å². The lowest BCUT2D eigenvalue weighted by molar-refractivity contribution is -0.141. The number of esters is 2. The summed E-state index contributed by atoms with van der Waals surface area (Å²) in [5.74, 6) is 1.37. The number of unbranched alkanes of at least 4 members (excludes halogenated alkanes) is 2. The number of rotatable bonds is 5. The van der Waals surface area contributed by atoms with Gasteiger partial charge >= 0.3 is 11.9 Å². The first-order chi connectivity index (χ1) is 13.6. The Labute approximate surface area is 167 Å². The fourth-order valence-electron chi connectivity index (χ4n) is 6.63. The van der Waals surface area contributed by atoms with E-state index in [9.17, 15) is 9.59 Å². The number of allylic oxidation sites excluding steroid dienone is 3. The van der Waals surface area contributed by atoms with Crippen LogP contribution in [0, 0.1) is 23.2 Å². The summed E-state index contributed by atoms with van der Waals surface area (Å²) in [5, 5.41) is 0. The molecule has 6 rings (SSSR count). The molecule has 4 heteroatoms. The molecular weight excluding hydrogens is 352 g/mol. The fraction of sp³-hybridized carbons (Fsp3) is 0.667. The van der Waals surface area contributed by atoms with Crippen LogP contribution >= 0.6 is 0 Å². The highest BCUT2D eigenvalue weighted by Gasteiger charge is 2.66.